The highest BCUT2D eigenvalue weighted by molar-refractivity contribution is 7.80. The molecular weight excluding hydrogens is 294 g/mol. The summed E-state index contributed by atoms with van der Waals surface area (Å²) in [6.45, 7) is 0.377. The fourth-order valence-corrected chi connectivity index (χ4v) is 3.36. The molecular formula is C14H15NO5S. The molecule has 3 saturated heterocycles. The summed E-state index contributed by atoms with van der Waals surface area (Å²) < 4.78 is 22.8. The van der Waals surface area contributed by atoms with Crippen molar-refractivity contribution in [3.63, 3.8) is 0 Å². The largest absolute Gasteiger partial charge is 0.441 e. The predicted molar refractivity (Wildman–Crippen MR) is 74.8 cm³/mol. The van der Waals surface area contributed by atoms with E-state index in [4.69, 9.17) is 18.9 Å². The van der Waals surface area contributed by atoms with E-state index in [1.54, 1.807) is 0 Å². The van der Waals surface area contributed by atoms with E-state index in [1.165, 1.54) is 0 Å². The van der Waals surface area contributed by atoms with Gasteiger partial charge in [-0.3, -0.25) is 0 Å². The lowest BCUT2D eigenvalue weighted by Gasteiger charge is -2.44. The van der Waals surface area contributed by atoms with Gasteiger partial charge in [0.25, 0.3) is 0 Å². The van der Waals surface area contributed by atoms with Crippen LogP contribution in [0.1, 0.15) is 11.9 Å². The topological polar surface area (TPSA) is 66.0 Å². The molecule has 0 radical (unpaired) electrons. The fraction of sp³-hybridized carbons (Fsp3) is 0.500. The van der Waals surface area contributed by atoms with Crippen LogP contribution < -0.4 is 5.32 Å². The average Bonchev–Trinajstić information content (AvgIpc) is 2.91. The summed E-state index contributed by atoms with van der Waals surface area (Å²) in [5.41, 5.74) is 0.501. The monoisotopic (exact) mass is 309 g/mol. The fourth-order valence-electron chi connectivity index (χ4n) is 2.96. The molecule has 3 fully saturated rings. The molecule has 0 bridgehead atoms. The van der Waals surface area contributed by atoms with E-state index in [2.05, 4.69) is 17.9 Å². The first-order chi connectivity index (χ1) is 10.2. The Morgan fingerprint density at radius 2 is 1.95 bits per heavy atom. The van der Waals surface area contributed by atoms with Crippen molar-refractivity contribution in [1.29, 1.82) is 0 Å². The van der Waals surface area contributed by atoms with Crippen LogP contribution >= 0.6 is 12.6 Å². The molecule has 7 heteroatoms. The van der Waals surface area contributed by atoms with E-state index in [1.807, 2.05) is 30.3 Å². The van der Waals surface area contributed by atoms with Crippen LogP contribution in [0.4, 0.5) is 4.79 Å². The highest BCUT2D eigenvalue weighted by Gasteiger charge is 2.54. The maximum Gasteiger partial charge on any atom is 0.408 e. The number of carbonyl (C=O) groups is 1. The Morgan fingerprint density at radius 3 is 2.76 bits per heavy atom. The van der Waals surface area contributed by atoms with Crippen molar-refractivity contribution in [3.05, 3.63) is 35.9 Å². The van der Waals surface area contributed by atoms with Crippen LogP contribution in [0, 0.1) is 0 Å². The average molecular weight is 309 g/mol. The smallest absolute Gasteiger partial charge is 0.408 e. The Balaban J connectivity index is 1.57. The third-order valence-electron chi connectivity index (χ3n) is 3.96. The van der Waals surface area contributed by atoms with Crippen LogP contribution in [-0.2, 0) is 18.9 Å². The summed E-state index contributed by atoms with van der Waals surface area (Å²) in [5, 5.41) is 2.71. The van der Waals surface area contributed by atoms with Gasteiger partial charge in [0, 0.05) is 5.56 Å². The van der Waals surface area contributed by atoms with Gasteiger partial charge in [-0.25, -0.2) is 4.79 Å². The van der Waals surface area contributed by atoms with Crippen LogP contribution in [0.2, 0.25) is 0 Å². The Kier molecular flexibility index (Phi) is 3.30. The predicted octanol–water partition coefficient (Wildman–Crippen LogP) is 1.23. The highest BCUT2D eigenvalue weighted by atomic mass is 32.1. The molecule has 21 heavy (non-hydrogen) atoms. The van der Waals surface area contributed by atoms with Crippen molar-refractivity contribution >= 4 is 18.7 Å². The summed E-state index contributed by atoms with van der Waals surface area (Å²) in [6.07, 6.45) is -2.00. The number of alkyl carbamates (subject to hydrolysis) is 1. The van der Waals surface area contributed by atoms with E-state index < -0.39 is 23.9 Å². The molecule has 3 heterocycles. The lowest BCUT2D eigenvalue weighted by Crippen LogP contribution is -2.61. The second-order valence-corrected chi connectivity index (χ2v) is 5.79. The SMILES string of the molecule is O=C1NC2[C@H](S)OC3COC(c4ccccc4)O[C@H]3[C@@H]2O1. The molecule has 3 aliphatic rings. The normalized spacial score (nSPS) is 41.7. The van der Waals surface area contributed by atoms with Crippen LogP contribution in [0.15, 0.2) is 30.3 Å². The molecule has 6 atom stereocenters. The molecule has 0 spiro atoms. The number of carbonyl (C=O) groups excluding carboxylic acids is 1. The van der Waals surface area contributed by atoms with Gasteiger partial charge >= 0.3 is 6.09 Å². The van der Waals surface area contributed by atoms with Crippen LogP contribution in [0.5, 0.6) is 0 Å². The van der Waals surface area contributed by atoms with E-state index >= 15 is 0 Å². The molecule has 112 valence electrons. The van der Waals surface area contributed by atoms with Gasteiger partial charge < -0.3 is 24.3 Å². The number of nitrogens with one attached hydrogen (secondary N) is 1. The summed E-state index contributed by atoms with van der Waals surface area (Å²) in [5.74, 6) is 0. The van der Waals surface area contributed by atoms with E-state index in [-0.39, 0.29) is 18.2 Å². The van der Waals surface area contributed by atoms with Crippen molar-refractivity contribution in [2.24, 2.45) is 0 Å². The maximum atomic E-state index is 11.5. The number of benzene rings is 1. The molecule has 0 aliphatic carbocycles. The first-order valence-electron chi connectivity index (χ1n) is 6.85. The number of hydrogen-bond acceptors (Lipinski definition) is 6. The molecule has 0 saturated carbocycles. The number of amides is 1. The molecule has 1 aromatic carbocycles. The molecule has 6 nitrogen and oxygen atoms in total. The second kappa shape index (κ2) is 5.17. The van der Waals surface area contributed by atoms with Crippen LogP contribution in [0.25, 0.3) is 0 Å². The summed E-state index contributed by atoms with van der Waals surface area (Å²) in [7, 11) is 0. The van der Waals surface area contributed by atoms with Crippen molar-refractivity contribution in [1.82, 2.24) is 5.32 Å². The molecule has 1 aromatic rings. The number of fused-ring (bicyclic) bond motifs is 3. The van der Waals surface area contributed by atoms with Crippen molar-refractivity contribution in [2.45, 2.75) is 36.1 Å². The Hall–Kier alpha value is -1.28. The van der Waals surface area contributed by atoms with Crippen molar-refractivity contribution < 1.29 is 23.7 Å². The van der Waals surface area contributed by atoms with Gasteiger partial charge in [-0.05, 0) is 0 Å². The van der Waals surface area contributed by atoms with Gasteiger partial charge in [0.2, 0.25) is 0 Å². The lowest BCUT2D eigenvalue weighted by molar-refractivity contribution is -0.300. The number of ether oxygens (including phenoxy) is 4. The second-order valence-electron chi connectivity index (χ2n) is 5.28. The first kappa shape index (κ1) is 13.4. The molecule has 3 aliphatic heterocycles. The number of hydrogen-bond donors (Lipinski definition) is 2. The first-order valence-corrected chi connectivity index (χ1v) is 7.37. The van der Waals surface area contributed by atoms with E-state index in [0.717, 1.165) is 5.56 Å². The quantitative estimate of drug-likeness (QED) is 0.764. The zero-order chi connectivity index (χ0) is 14.4. The summed E-state index contributed by atoms with van der Waals surface area (Å²) in [6, 6.07) is 9.35. The maximum absolute atomic E-state index is 11.5. The molecule has 3 unspecified atom stereocenters. The summed E-state index contributed by atoms with van der Waals surface area (Å²) in [4.78, 5) is 11.5. The van der Waals surface area contributed by atoms with Crippen molar-refractivity contribution in [3.8, 4) is 0 Å². The van der Waals surface area contributed by atoms with Gasteiger partial charge in [-0.15, -0.1) is 12.6 Å². The van der Waals surface area contributed by atoms with E-state index in [9.17, 15) is 4.79 Å². The Labute approximate surface area is 127 Å². The van der Waals surface area contributed by atoms with Gasteiger partial charge in [0.1, 0.15) is 23.7 Å². The van der Waals surface area contributed by atoms with E-state index in [0.29, 0.717) is 6.61 Å². The molecule has 4 rings (SSSR count). The highest BCUT2D eigenvalue weighted by Crippen LogP contribution is 2.37. The Bertz CT molecular complexity index is 541. The zero-order valence-electron chi connectivity index (χ0n) is 11.0. The van der Waals surface area contributed by atoms with Crippen molar-refractivity contribution in [2.75, 3.05) is 6.61 Å². The Morgan fingerprint density at radius 1 is 1.14 bits per heavy atom. The lowest BCUT2D eigenvalue weighted by atomic mass is 9.97. The third kappa shape index (κ3) is 2.30. The number of rotatable bonds is 1. The summed E-state index contributed by atoms with van der Waals surface area (Å²) >= 11 is 4.36. The van der Waals surface area contributed by atoms with Crippen LogP contribution in [-0.4, -0.2) is 42.5 Å². The minimum atomic E-state index is -0.479. The van der Waals surface area contributed by atoms with Gasteiger partial charge in [-0.1, -0.05) is 30.3 Å². The van der Waals surface area contributed by atoms with Gasteiger partial charge in [0.15, 0.2) is 12.4 Å². The molecule has 1 amide bonds. The molecule has 0 aromatic heterocycles. The standard InChI is InChI=1S/C14H15NO5S/c16-14-15-9-11(20-14)10-8(18-13(9)21)6-17-12(19-10)7-4-2-1-3-5-7/h1-5,8-13,21H,6H2,(H,15,16)/t8?,9?,10-,11-,12?,13+/m1/s1. The van der Waals surface area contributed by atoms with Gasteiger partial charge in [-0.2, -0.15) is 0 Å². The van der Waals surface area contributed by atoms with Gasteiger partial charge in [0.05, 0.1) is 6.61 Å². The third-order valence-corrected chi connectivity index (χ3v) is 4.40. The molecule has 1 N–H and O–H groups in total. The number of thiol groups is 1. The minimum Gasteiger partial charge on any atom is -0.441 e. The minimum absolute atomic E-state index is 0.290. The van der Waals surface area contributed by atoms with Crippen LogP contribution in [0.3, 0.4) is 0 Å². The zero-order valence-corrected chi connectivity index (χ0v) is 11.9.